The maximum Gasteiger partial charge on any atom is 0.250 e. The maximum absolute atomic E-state index is 10.7. The molecule has 0 heterocycles. The van der Waals surface area contributed by atoms with Gasteiger partial charge < -0.3 is 10.9 Å². The molecule has 0 aliphatic heterocycles. The van der Waals surface area contributed by atoms with Crippen molar-refractivity contribution in [2.45, 2.75) is 0 Å². The van der Waals surface area contributed by atoms with E-state index in [0.29, 0.717) is 0 Å². The number of carbonyl (C=O) groups is 1. The smallest absolute Gasteiger partial charge is 0.250 e. The predicted octanol–water partition coefficient (Wildman–Crippen LogP) is -0.158. The molecule has 1 aromatic rings. The number of rotatable bonds is 2. The second kappa shape index (κ2) is 3.71. The first-order chi connectivity index (χ1) is 6.02. The first-order valence-electron chi connectivity index (χ1n) is 3.35. The highest BCUT2D eigenvalue weighted by Gasteiger charge is 2.09. The molecular formula is C7H7ClN2O3. The standard InChI is InChI=1S/C7H7ClN2O3/c8-6-3-4(10(12)13)1-2-5(6)7(9)11/h1-3,10,12H,(H2,9,11). The number of quaternary nitrogens is 1. The minimum absolute atomic E-state index is 0.0231. The molecule has 1 unspecified atom stereocenters. The Hall–Kier alpha value is -1.14. The van der Waals surface area contributed by atoms with Crippen LogP contribution in [0.3, 0.4) is 0 Å². The lowest BCUT2D eigenvalue weighted by Gasteiger charge is -2.11. The molecule has 0 aliphatic carbocycles. The van der Waals surface area contributed by atoms with Crippen LogP contribution in [-0.4, -0.2) is 11.1 Å². The Morgan fingerprint density at radius 2 is 2.23 bits per heavy atom. The van der Waals surface area contributed by atoms with E-state index in [1.807, 2.05) is 0 Å². The van der Waals surface area contributed by atoms with E-state index in [0.717, 1.165) is 0 Å². The summed E-state index contributed by atoms with van der Waals surface area (Å²) in [7, 11) is 0. The average molecular weight is 203 g/mol. The summed E-state index contributed by atoms with van der Waals surface area (Å²) in [4.78, 5) is 10.7. The largest absolute Gasteiger partial charge is 0.595 e. The molecular weight excluding hydrogens is 196 g/mol. The van der Waals surface area contributed by atoms with Crippen molar-refractivity contribution in [1.82, 2.24) is 0 Å². The second-order valence-electron chi connectivity index (χ2n) is 2.36. The molecule has 0 bridgehead atoms. The van der Waals surface area contributed by atoms with Gasteiger partial charge in [-0.2, -0.15) is 5.23 Å². The van der Waals surface area contributed by atoms with Crippen molar-refractivity contribution in [3.63, 3.8) is 0 Å². The van der Waals surface area contributed by atoms with E-state index in [-0.39, 0.29) is 16.3 Å². The minimum Gasteiger partial charge on any atom is -0.595 e. The van der Waals surface area contributed by atoms with Crippen LogP contribution >= 0.6 is 11.6 Å². The fourth-order valence-electron chi connectivity index (χ4n) is 0.848. The van der Waals surface area contributed by atoms with Gasteiger partial charge in [0.2, 0.25) is 5.91 Å². The van der Waals surface area contributed by atoms with E-state index in [4.69, 9.17) is 22.5 Å². The summed E-state index contributed by atoms with van der Waals surface area (Å²) in [5, 5.41) is 18.0. The van der Waals surface area contributed by atoms with Crippen molar-refractivity contribution in [2.75, 3.05) is 0 Å². The van der Waals surface area contributed by atoms with E-state index in [1.54, 1.807) is 0 Å². The number of hydrogen-bond donors (Lipinski definition) is 3. The van der Waals surface area contributed by atoms with Crippen LogP contribution in [0.2, 0.25) is 5.02 Å². The zero-order chi connectivity index (χ0) is 10.0. The Bertz CT molecular complexity index is 341. The molecule has 0 aromatic heterocycles. The third-order valence-corrected chi connectivity index (χ3v) is 1.79. The highest BCUT2D eigenvalue weighted by atomic mass is 35.5. The molecule has 1 amide bonds. The zero-order valence-corrected chi connectivity index (χ0v) is 7.21. The molecule has 4 N–H and O–H groups in total. The molecule has 0 radical (unpaired) electrons. The van der Waals surface area contributed by atoms with E-state index < -0.39 is 11.1 Å². The SMILES string of the molecule is NC(=O)c1ccc([NH+]([O-])O)cc1Cl. The summed E-state index contributed by atoms with van der Waals surface area (Å²) in [5.41, 5.74) is 5.11. The third kappa shape index (κ3) is 2.16. The van der Waals surface area contributed by atoms with Crippen LogP contribution in [0.5, 0.6) is 0 Å². The summed E-state index contributed by atoms with van der Waals surface area (Å²) in [5.74, 6) is -0.679. The van der Waals surface area contributed by atoms with Gasteiger partial charge in [0.25, 0.3) is 0 Å². The Labute approximate surface area is 78.9 Å². The highest BCUT2D eigenvalue weighted by molar-refractivity contribution is 6.34. The van der Waals surface area contributed by atoms with Crippen molar-refractivity contribution < 1.29 is 15.2 Å². The third-order valence-electron chi connectivity index (χ3n) is 1.48. The van der Waals surface area contributed by atoms with Gasteiger partial charge in [-0.1, -0.05) is 11.6 Å². The van der Waals surface area contributed by atoms with Crippen molar-refractivity contribution in [3.05, 3.63) is 34.0 Å². The Morgan fingerprint density at radius 3 is 2.62 bits per heavy atom. The van der Waals surface area contributed by atoms with Gasteiger partial charge in [0, 0.05) is 12.1 Å². The fraction of sp³-hybridized carbons (Fsp3) is 0. The predicted molar refractivity (Wildman–Crippen MR) is 45.7 cm³/mol. The van der Waals surface area contributed by atoms with E-state index in [1.165, 1.54) is 18.2 Å². The fourth-order valence-corrected chi connectivity index (χ4v) is 1.12. The number of nitrogens with two attached hydrogens (primary N) is 1. The molecule has 1 aromatic carbocycles. The molecule has 5 nitrogen and oxygen atoms in total. The molecule has 1 rings (SSSR count). The molecule has 0 aliphatic rings. The zero-order valence-electron chi connectivity index (χ0n) is 6.45. The highest BCUT2D eigenvalue weighted by Crippen LogP contribution is 2.17. The molecule has 13 heavy (non-hydrogen) atoms. The number of nitrogens with one attached hydrogen (secondary N) is 1. The topological polar surface area (TPSA) is 90.8 Å². The molecule has 1 atom stereocenters. The van der Waals surface area contributed by atoms with Crippen molar-refractivity contribution in [1.29, 1.82) is 0 Å². The first kappa shape index (κ1) is 9.94. The van der Waals surface area contributed by atoms with E-state index >= 15 is 0 Å². The van der Waals surface area contributed by atoms with E-state index in [2.05, 4.69) is 0 Å². The van der Waals surface area contributed by atoms with Crippen LogP contribution in [0.25, 0.3) is 0 Å². The number of primary amides is 1. The Morgan fingerprint density at radius 1 is 1.62 bits per heavy atom. The summed E-state index contributed by atoms with van der Waals surface area (Å²) in [6.07, 6.45) is 0. The van der Waals surface area contributed by atoms with E-state index in [9.17, 15) is 10.0 Å². The van der Waals surface area contributed by atoms with Gasteiger partial charge in [-0.3, -0.25) is 4.79 Å². The molecule has 70 valence electrons. The minimum atomic E-state index is -1.10. The van der Waals surface area contributed by atoms with Crippen LogP contribution in [0.15, 0.2) is 18.2 Å². The normalized spacial score (nSPS) is 12.5. The lowest BCUT2D eigenvalue weighted by Crippen LogP contribution is -2.99. The maximum atomic E-state index is 10.7. The number of benzene rings is 1. The van der Waals surface area contributed by atoms with Crippen molar-refractivity contribution in [2.24, 2.45) is 5.73 Å². The molecule has 0 spiro atoms. The van der Waals surface area contributed by atoms with Gasteiger partial charge >= 0.3 is 0 Å². The van der Waals surface area contributed by atoms with Gasteiger partial charge in [0.15, 0.2) is 5.69 Å². The van der Waals surface area contributed by atoms with Gasteiger partial charge in [-0.15, -0.1) is 0 Å². The average Bonchev–Trinajstić information content (AvgIpc) is 2.03. The number of halogens is 1. The second-order valence-corrected chi connectivity index (χ2v) is 2.77. The van der Waals surface area contributed by atoms with Crippen molar-refractivity contribution in [3.8, 4) is 0 Å². The number of carbonyl (C=O) groups excluding carboxylic acids is 1. The molecule has 0 saturated heterocycles. The van der Waals surface area contributed by atoms with Crippen LogP contribution < -0.4 is 11.0 Å². The van der Waals surface area contributed by atoms with Crippen LogP contribution in [-0.2, 0) is 0 Å². The Balaban J connectivity index is 3.13. The van der Waals surface area contributed by atoms with Crippen molar-refractivity contribution >= 4 is 23.2 Å². The summed E-state index contributed by atoms with van der Waals surface area (Å²) in [6.45, 7) is 0. The number of hydrogen-bond acceptors (Lipinski definition) is 3. The van der Waals surface area contributed by atoms with Crippen LogP contribution in [0.4, 0.5) is 5.69 Å². The summed E-state index contributed by atoms with van der Waals surface area (Å²) < 4.78 is 0. The lowest BCUT2D eigenvalue weighted by molar-refractivity contribution is -0.991. The molecule has 0 fully saturated rings. The van der Waals surface area contributed by atoms with Gasteiger partial charge in [-0.05, 0) is 6.07 Å². The summed E-state index contributed by atoms with van der Waals surface area (Å²) in [6, 6.07) is 3.74. The quantitative estimate of drug-likeness (QED) is 0.582. The first-order valence-corrected chi connectivity index (χ1v) is 3.73. The van der Waals surface area contributed by atoms with Gasteiger partial charge in [0.05, 0.1) is 10.6 Å². The summed E-state index contributed by atoms with van der Waals surface area (Å²) >= 11 is 5.60. The van der Waals surface area contributed by atoms with Gasteiger partial charge in [-0.25, -0.2) is 5.21 Å². The number of amides is 1. The Kier molecular flexibility index (Phi) is 2.84. The lowest BCUT2D eigenvalue weighted by atomic mass is 10.2. The van der Waals surface area contributed by atoms with Crippen LogP contribution in [0, 0.1) is 5.21 Å². The monoisotopic (exact) mass is 202 g/mol. The van der Waals surface area contributed by atoms with Gasteiger partial charge in [0.1, 0.15) is 0 Å². The van der Waals surface area contributed by atoms with Crippen LogP contribution in [0.1, 0.15) is 10.4 Å². The molecule has 6 heteroatoms. The molecule has 0 saturated carbocycles.